The summed E-state index contributed by atoms with van der Waals surface area (Å²) in [7, 11) is 0. The second-order valence-electron chi connectivity index (χ2n) is 4.32. The Kier molecular flexibility index (Phi) is 4.33. The Morgan fingerprint density at radius 2 is 2.12 bits per heavy atom. The first-order valence-electron chi connectivity index (χ1n) is 5.46. The van der Waals surface area contributed by atoms with Crippen LogP contribution in [0.1, 0.15) is 25.0 Å². The van der Waals surface area contributed by atoms with E-state index in [-0.39, 0.29) is 12.6 Å². The van der Waals surface area contributed by atoms with E-state index in [9.17, 15) is 5.11 Å². The van der Waals surface area contributed by atoms with Crippen LogP contribution in [0, 0.1) is 24.2 Å². The van der Waals surface area contributed by atoms with Crippen molar-refractivity contribution < 1.29 is 5.11 Å². The Morgan fingerprint density at radius 3 is 2.56 bits per heavy atom. The molecular weight excluding hydrogens is 200 g/mol. The number of rotatable bonds is 4. The Labute approximate surface area is 96.7 Å². The minimum absolute atomic E-state index is 0.0485. The maximum absolute atomic E-state index is 9.21. The van der Waals surface area contributed by atoms with E-state index in [1.54, 1.807) is 6.07 Å². The van der Waals surface area contributed by atoms with Crippen LogP contribution in [0.4, 0.5) is 5.69 Å². The van der Waals surface area contributed by atoms with Crippen LogP contribution in [0.5, 0.6) is 0 Å². The molecule has 0 amide bonds. The maximum atomic E-state index is 9.21. The fourth-order valence-corrected chi connectivity index (χ4v) is 1.52. The highest BCUT2D eigenvalue weighted by molar-refractivity contribution is 5.52. The summed E-state index contributed by atoms with van der Waals surface area (Å²) in [5, 5.41) is 21.3. The molecule has 3 nitrogen and oxygen atoms in total. The van der Waals surface area contributed by atoms with Crippen LogP contribution in [0.2, 0.25) is 0 Å². The molecule has 0 aromatic heterocycles. The number of nitrogens with zero attached hydrogens (tertiary/aromatic N) is 1. The van der Waals surface area contributed by atoms with Crippen LogP contribution in [0.3, 0.4) is 0 Å². The summed E-state index contributed by atoms with van der Waals surface area (Å²) >= 11 is 0. The van der Waals surface area contributed by atoms with Gasteiger partial charge in [0.25, 0.3) is 0 Å². The van der Waals surface area contributed by atoms with Crippen molar-refractivity contribution in [2.24, 2.45) is 5.92 Å². The average Bonchev–Trinajstić information content (AvgIpc) is 2.25. The zero-order chi connectivity index (χ0) is 12.1. The molecule has 0 bridgehead atoms. The molecule has 86 valence electrons. The van der Waals surface area contributed by atoms with E-state index in [2.05, 4.69) is 25.2 Å². The summed E-state index contributed by atoms with van der Waals surface area (Å²) in [4.78, 5) is 0. The molecule has 0 saturated heterocycles. The summed E-state index contributed by atoms with van der Waals surface area (Å²) in [5.41, 5.74) is 2.59. The Balaban J connectivity index is 2.83. The molecule has 0 heterocycles. The van der Waals surface area contributed by atoms with Crippen LogP contribution in [0.25, 0.3) is 0 Å². The van der Waals surface area contributed by atoms with Gasteiger partial charge < -0.3 is 10.4 Å². The van der Waals surface area contributed by atoms with Gasteiger partial charge in [0.1, 0.15) is 0 Å². The number of nitrogens with one attached hydrogen (secondary N) is 1. The molecule has 0 aliphatic heterocycles. The number of hydrogen-bond donors (Lipinski definition) is 2. The molecule has 1 rings (SSSR count). The lowest BCUT2D eigenvalue weighted by atomic mass is 10.0. The Morgan fingerprint density at radius 1 is 1.44 bits per heavy atom. The third-order valence-electron chi connectivity index (χ3n) is 2.70. The number of anilines is 1. The van der Waals surface area contributed by atoms with Gasteiger partial charge in [-0.2, -0.15) is 5.26 Å². The summed E-state index contributed by atoms with van der Waals surface area (Å²) in [6.45, 7) is 6.14. The first-order chi connectivity index (χ1) is 7.58. The highest BCUT2D eigenvalue weighted by Gasteiger charge is 2.11. The zero-order valence-electron chi connectivity index (χ0n) is 9.99. The number of aliphatic hydroxyl groups is 1. The SMILES string of the molecule is Cc1cc(NC(CO)C(C)C)ccc1C#N. The smallest absolute Gasteiger partial charge is 0.0994 e. The van der Waals surface area contributed by atoms with Gasteiger partial charge in [0, 0.05) is 5.69 Å². The molecule has 1 aromatic carbocycles. The van der Waals surface area contributed by atoms with E-state index in [4.69, 9.17) is 5.26 Å². The molecule has 1 atom stereocenters. The van der Waals surface area contributed by atoms with Crippen LogP contribution >= 0.6 is 0 Å². The van der Waals surface area contributed by atoms with Gasteiger partial charge in [-0.05, 0) is 36.6 Å². The largest absolute Gasteiger partial charge is 0.394 e. The highest BCUT2D eigenvalue weighted by Crippen LogP contribution is 2.17. The van der Waals surface area contributed by atoms with E-state index < -0.39 is 0 Å². The molecule has 0 aliphatic carbocycles. The molecule has 3 heteroatoms. The first kappa shape index (κ1) is 12.5. The fourth-order valence-electron chi connectivity index (χ4n) is 1.52. The van der Waals surface area contributed by atoms with Crippen molar-refractivity contribution in [3.8, 4) is 6.07 Å². The molecule has 16 heavy (non-hydrogen) atoms. The summed E-state index contributed by atoms with van der Waals surface area (Å²) in [6, 6.07) is 7.79. The summed E-state index contributed by atoms with van der Waals surface area (Å²) < 4.78 is 0. The number of nitriles is 1. The van der Waals surface area contributed by atoms with Crippen molar-refractivity contribution >= 4 is 5.69 Å². The van der Waals surface area contributed by atoms with Gasteiger partial charge in [-0.25, -0.2) is 0 Å². The van der Waals surface area contributed by atoms with Gasteiger partial charge in [0.2, 0.25) is 0 Å². The predicted octanol–water partition coefficient (Wildman–Crippen LogP) is 2.30. The summed E-state index contributed by atoms with van der Waals surface area (Å²) in [5.74, 6) is 0.362. The van der Waals surface area contributed by atoms with Gasteiger partial charge in [-0.15, -0.1) is 0 Å². The molecule has 0 radical (unpaired) electrons. The van der Waals surface area contributed by atoms with Crippen molar-refractivity contribution in [2.75, 3.05) is 11.9 Å². The second kappa shape index (κ2) is 5.53. The number of aryl methyl sites for hydroxylation is 1. The van der Waals surface area contributed by atoms with Crippen LogP contribution < -0.4 is 5.32 Å². The standard InChI is InChI=1S/C13H18N2O/c1-9(2)13(8-16)15-12-5-4-11(7-14)10(3)6-12/h4-6,9,13,15-16H,8H2,1-3H3. The Bertz CT molecular complexity index is 393. The number of aliphatic hydroxyl groups excluding tert-OH is 1. The predicted molar refractivity (Wildman–Crippen MR) is 65.2 cm³/mol. The van der Waals surface area contributed by atoms with E-state index in [0.29, 0.717) is 11.5 Å². The molecule has 0 aliphatic rings. The minimum atomic E-state index is 0.0485. The monoisotopic (exact) mass is 218 g/mol. The lowest BCUT2D eigenvalue weighted by Crippen LogP contribution is -2.29. The van der Waals surface area contributed by atoms with Crippen molar-refractivity contribution in [3.63, 3.8) is 0 Å². The highest BCUT2D eigenvalue weighted by atomic mass is 16.3. The third kappa shape index (κ3) is 2.98. The molecule has 0 spiro atoms. The fraction of sp³-hybridized carbons (Fsp3) is 0.462. The molecule has 2 N–H and O–H groups in total. The average molecular weight is 218 g/mol. The van der Waals surface area contributed by atoms with Crippen molar-refractivity contribution in [3.05, 3.63) is 29.3 Å². The van der Waals surface area contributed by atoms with E-state index >= 15 is 0 Å². The van der Waals surface area contributed by atoms with Crippen molar-refractivity contribution in [1.29, 1.82) is 5.26 Å². The van der Waals surface area contributed by atoms with Crippen LogP contribution in [0.15, 0.2) is 18.2 Å². The summed E-state index contributed by atoms with van der Waals surface area (Å²) in [6.07, 6.45) is 0. The van der Waals surface area contributed by atoms with Crippen molar-refractivity contribution in [1.82, 2.24) is 0 Å². The van der Waals surface area contributed by atoms with Gasteiger partial charge in [-0.1, -0.05) is 13.8 Å². The molecular formula is C13H18N2O. The molecule has 1 aromatic rings. The molecule has 0 saturated carbocycles. The van der Waals surface area contributed by atoms with E-state index in [1.165, 1.54) is 0 Å². The van der Waals surface area contributed by atoms with Gasteiger partial charge in [0.15, 0.2) is 0 Å². The zero-order valence-corrected chi connectivity index (χ0v) is 9.99. The van der Waals surface area contributed by atoms with Crippen molar-refractivity contribution in [2.45, 2.75) is 26.8 Å². The number of benzene rings is 1. The van der Waals surface area contributed by atoms with Crippen LogP contribution in [-0.2, 0) is 0 Å². The maximum Gasteiger partial charge on any atom is 0.0994 e. The second-order valence-corrected chi connectivity index (χ2v) is 4.32. The molecule has 1 unspecified atom stereocenters. The first-order valence-corrected chi connectivity index (χ1v) is 5.46. The lowest BCUT2D eigenvalue weighted by molar-refractivity contribution is 0.249. The van der Waals surface area contributed by atoms with Crippen LogP contribution in [-0.4, -0.2) is 17.8 Å². The Hall–Kier alpha value is -1.53. The lowest BCUT2D eigenvalue weighted by Gasteiger charge is -2.21. The van der Waals surface area contributed by atoms with Gasteiger partial charge in [-0.3, -0.25) is 0 Å². The van der Waals surface area contributed by atoms with E-state index in [1.807, 2.05) is 19.1 Å². The molecule has 0 fully saturated rings. The number of hydrogen-bond acceptors (Lipinski definition) is 3. The topological polar surface area (TPSA) is 56.0 Å². The van der Waals surface area contributed by atoms with Gasteiger partial charge in [0.05, 0.1) is 24.3 Å². The normalized spacial score (nSPS) is 12.2. The minimum Gasteiger partial charge on any atom is -0.394 e. The quantitative estimate of drug-likeness (QED) is 0.815. The van der Waals surface area contributed by atoms with E-state index in [0.717, 1.165) is 11.3 Å². The third-order valence-corrected chi connectivity index (χ3v) is 2.70. The van der Waals surface area contributed by atoms with Gasteiger partial charge >= 0.3 is 0 Å².